The summed E-state index contributed by atoms with van der Waals surface area (Å²) in [6, 6.07) is 25.4. The van der Waals surface area contributed by atoms with Crippen LogP contribution in [-0.4, -0.2) is 25.2 Å². The third-order valence-electron chi connectivity index (χ3n) is 8.44. The fraction of sp³-hybridized carbons (Fsp3) is 0.308. The second-order valence-electron chi connectivity index (χ2n) is 11.8. The minimum absolute atomic E-state index is 0.154. The number of benzene rings is 4. The number of hydrogen-bond acceptors (Lipinski definition) is 7. The van der Waals surface area contributed by atoms with Crippen LogP contribution in [0.5, 0.6) is 11.5 Å². The number of carbonyl (C=O) groups excluding carboxylic acids is 2. The molecule has 0 N–H and O–H groups in total. The largest absolute Gasteiger partial charge is 0.462 e. The summed E-state index contributed by atoms with van der Waals surface area (Å²) in [4.78, 5) is 38.0. The van der Waals surface area contributed by atoms with Gasteiger partial charge in [0.15, 0.2) is 0 Å². The first kappa shape index (κ1) is 31.1. The van der Waals surface area contributed by atoms with E-state index in [1.54, 1.807) is 42.5 Å². The van der Waals surface area contributed by atoms with Crippen LogP contribution in [0, 0.1) is 0 Å². The van der Waals surface area contributed by atoms with Gasteiger partial charge in [0, 0.05) is 12.0 Å². The van der Waals surface area contributed by atoms with Gasteiger partial charge in [-0.3, -0.25) is 4.79 Å². The maximum Gasteiger partial charge on any atom is 0.338 e. The molecule has 46 heavy (non-hydrogen) atoms. The second kappa shape index (κ2) is 14.9. The number of para-hydroxylation sites is 2. The Bertz CT molecular complexity index is 1900. The molecule has 2 heterocycles. The van der Waals surface area contributed by atoms with Gasteiger partial charge in [-0.15, -0.1) is 0 Å². The molecule has 7 heteroatoms. The van der Waals surface area contributed by atoms with Crippen LogP contribution in [0.1, 0.15) is 89.6 Å². The molecule has 0 fully saturated rings. The Morgan fingerprint density at radius 3 is 1.87 bits per heavy atom. The number of carbonyl (C=O) groups is 2. The Hall–Kier alpha value is -4.91. The summed E-state index contributed by atoms with van der Waals surface area (Å²) in [6.45, 7) is 0.784. The Morgan fingerprint density at radius 1 is 0.565 bits per heavy atom. The summed E-state index contributed by atoms with van der Waals surface area (Å²) >= 11 is 0. The zero-order chi connectivity index (χ0) is 31.7. The van der Waals surface area contributed by atoms with Gasteiger partial charge in [0.2, 0.25) is 5.43 Å². The molecule has 0 amide bonds. The Morgan fingerprint density at radius 2 is 1.13 bits per heavy atom. The third kappa shape index (κ3) is 7.48. The molecular formula is C39H38O7. The van der Waals surface area contributed by atoms with Crippen LogP contribution in [0.15, 0.2) is 94.1 Å². The molecule has 0 saturated carbocycles. The van der Waals surface area contributed by atoms with Crippen molar-refractivity contribution in [1.29, 1.82) is 0 Å². The average Bonchev–Trinajstić information content (AvgIpc) is 3.09. The van der Waals surface area contributed by atoms with Crippen molar-refractivity contribution in [3.05, 3.63) is 117 Å². The SMILES string of the molecule is O=C(OCCCCCCCCCCCOC(=O)c1ccc2oc3ccccc3c(=O)c2c1)c1ccc2c(c1)Cc1ccccc1O2. The first-order chi connectivity index (χ1) is 22.6. The zero-order valence-electron chi connectivity index (χ0n) is 25.9. The molecule has 1 aliphatic rings. The van der Waals surface area contributed by atoms with Crippen molar-refractivity contribution in [3.8, 4) is 11.5 Å². The summed E-state index contributed by atoms with van der Waals surface area (Å²) in [5, 5.41) is 0.869. The van der Waals surface area contributed by atoms with E-state index in [1.165, 1.54) is 0 Å². The highest BCUT2D eigenvalue weighted by molar-refractivity contribution is 5.96. The molecule has 0 spiro atoms. The molecule has 1 aromatic heterocycles. The lowest BCUT2D eigenvalue weighted by atomic mass is 9.98. The molecule has 1 aliphatic heterocycles. The van der Waals surface area contributed by atoms with Crippen molar-refractivity contribution in [3.63, 3.8) is 0 Å². The van der Waals surface area contributed by atoms with E-state index in [9.17, 15) is 14.4 Å². The van der Waals surface area contributed by atoms with E-state index in [2.05, 4.69) is 0 Å². The molecule has 5 aromatic rings. The number of unbranched alkanes of at least 4 members (excludes halogenated alkanes) is 8. The monoisotopic (exact) mass is 618 g/mol. The van der Waals surface area contributed by atoms with Gasteiger partial charge in [0.25, 0.3) is 0 Å². The van der Waals surface area contributed by atoms with E-state index < -0.39 is 5.97 Å². The lowest BCUT2D eigenvalue weighted by Crippen LogP contribution is -2.09. The van der Waals surface area contributed by atoms with Crippen LogP contribution in [0.4, 0.5) is 0 Å². The van der Waals surface area contributed by atoms with E-state index >= 15 is 0 Å². The van der Waals surface area contributed by atoms with Crippen molar-refractivity contribution < 1.29 is 28.2 Å². The molecule has 7 nitrogen and oxygen atoms in total. The maximum atomic E-state index is 12.8. The molecule has 0 radical (unpaired) electrons. The van der Waals surface area contributed by atoms with E-state index in [0.717, 1.165) is 86.8 Å². The van der Waals surface area contributed by atoms with Crippen molar-refractivity contribution in [2.45, 2.75) is 64.2 Å². The van der Waals surface area contributed by atoms with Crippen molar-refractivity contribution in [2.24, 2.45) is 0 Å². The third-order valence-corrected chi connectivity index (χ3v) is 8.44. The minimum atomic E-state index is -0.427. The molecule has 0 unspecified atom stereocenters. The van der Waals surface area contributed by atoms with Gasteiger partial charge >= 0.3 is 11.9 Å². The van der Waals surface area contributed by atoms with Gasteiger partial charge in [-0.05, 0) is 73.0 Å². The fourth-order valence-electron chi connectivity index (χ4n) is 5.89. The van der Waals surface area contributed by atoms with Crippen LogP contribution < -0.4 is 10.2 Å². The predicted molar refractivity (Wildman–Crippen MR) is 178 cm³/mol. The van der Waals surface area contributed by atoms with E-state index in [1.807, 2.05) is 42.5 Å². The number of hydrogen-bond donors (Lipinski definition) is 0. The highest BCUT2D eigenvalue weighted by Crippen LogP contribution is 2.36. The molecule has 0 saturated heterocycles. The Balaban J connectivity index is 0.800. The molecule has 0 bridgehead atoms. The second-order valence-corrected chi connectivity index (χ2v) is 11.8. The van der Waals surface area contributed by atoms with Crippen LogP contribution in [-0.2, 0) is 15.9 Å². The highest BCUT2D eigenvalue weighted by atomic mass is 16.5. The van der Waals surface area contributed by atoms with Crippen molar-refractivity contribution >= 4 is 33.9 Å². The van der Waals surface area contributed by atoms with Crippen molar-refractivity contribution in [2.75, 3.05) is 13.2 Å². The minimum Gasteiger partial charge on any atom is -0.462 e. The van der Waals surface area contributed by atoms with E-state index in [4.69, 9.17) is 18.6 Å². The van der Waals surface area contributed by atoms with Gasteiger partial charge < -0.3 is 18.6 Å². The maximum absolute atomic E-state index is 12.8. The molecule has 0 aliphatic carbocycles. The smallest absolute Gasteiger partial charge is 0.338 e. The van der Waals surface area contributed by atoms with Gasteiger partial charge in [-0.2, -0.15) is 0 Å². The Kier molecular flexibility index (Phi) is 10.1. The first-order valence-electron chi connectivity index (χ1n) is 16.3. The molecule has 236 valence electrons. The van der Waals surface area contributed by atoms with Crippen LogP contribution in [0.3, 0.4) is 0 Å². The summed E-state index contributed by atoms with van der Waals surface area (Å²) in [6.07, 6.45) is 10.1. The van der Waals surface area contributed by atoms with Crippen molar-refractivity contribution in [1.82, 2.24) is 0 Å². The summed E-state index contributed by atoms with van der Waals surface area (Å²) in [7, 11) is 0. The topological polar surface area (TPSA) is 92.0 Å². The molecule has 0 atom stereocenters. The van der Waals surface area contributed by atoms with E-state index in [-0.39, 0.29) is 11.4 Å². The first-order valence-corrected chi connectivity index (χ1v) is 16.3. The van der Waals surface area contributed by atoms with Gasteiger partial charge in [-0.1, -0.05) is 75.3 Å². The highest BCUT2D eigenvalue weighted by Gasteiger charge is 2.19. The number of rotatable bonds is 14. The van der Waals surface area contributed by atoms with Crippen LogP contribution >= 0.6 is 0 Å². The standard InChI is InChI=1S/C39H38O7/c40-37-31-15-9-11-17-35(31)46-36-21-19-29(26-32(36)37)39(42)44-23-13-7-5-3-1-2-4-6-12-22-43-38(41)28-18-20-34-30(25-28)24-27-14-8-10-16-33(27)45-34/h8-11,14-21,25-26H,1-7,12-13,22-24H2. The molecular weight excluding hydrogens is 580 g/mol. The average molecular weight is 619 g/mol. The predicted octanol–water partition coefficient (Wildman–Crippen LogP) is 9.17. The summed E-state index contributed by atoms with van der Waals surface area (Å²) in [5.74, 6) is 0.951. The summed E-state index contributed by atoms with van der Waals surface area (Å²) in [5.41, 5.74) is 3.86. The van der Waals surface area contributed by atoms with Gasteiger partial charge in [-0.25, -0.2) is 9.59 Å². The molecule has 4 aromatic carbocycles. The molecule has 6 rings (SSSR count). The number of esters is 2. The lowest BCUT2D eigenvalue weighted by molar-refractivity contribution is 0.0489. The number of fused-ring (bicyclic) bond motifs is 4. The Labute approximate surface area is 268 Å². The fourth-order valence-corrected chi connectivity index (χ4v) is 5.89. The van der Waals surface area contributed by atoms with Crippen LogP contribution in [0.25, 0.3) is 21.9 Å². The normalized spacial score (nSPS) is 11.9. The summed E-state index contributed by atoms with van der Waals surface area (Å²) < 4.78 is 22.7. The van der Waals surface area contributed by atoms with Crippen LogP contribution in [0.2, 0.25) is 0 Å². The van der Waals surface area contributed by atoms with Gasteiger partial charge in [0.05, 0.1) is 35.1 Å². The van der Waals surface area contributed by atoms with E-state index in [0.29, 0.717) is 46.3 Å². The zero-order valence-corrected chi connectivity index (χ0v) is 25.9. The van der Waals surface area contributed by atoms with Gasteiger partial charge in [0.1, 0.15) is 22.7 Å². The lowest BCUT2D eigenvalue weighted by Gasteiger charge is -2.20. The number of ether oxygens (including phenoxy) is 3. The quantitative estimate of drug-likeness (QED) is 0.0683.